The van der Waals surface area contributed by atoms with Crippen LogP contribution in [-0.2, 0) is 4.74 Å². The van der Waals surface area contributed by atoms with Gasteiger partial charge >= 0.3 is 6.09 Å². The molecule has 1 atom stereocenters. The van der Waals surface area contributed by atoms with E-state index in [4.69, 9.17) is 4.74 Å². The molecule has 0 spiro atoms. The third kappa shape index (κ3) is 2.27. The maximum absolute atomic E-state index is 11.2. The summed E-state index contributed by atoms with van der Waals surface area (Å²) in [6, 6.07) is 6.24. The number of alkyl carbamates (subject to hydrolysis) is 1. The fourth-order valence-corrected chi connectivity index (χ4v) is 3.20. The number of aromatic nitrogens is 1. The summed E-state index contributed by atoms with van der Waals surface area (Å²) < 4.78 is 5.00. The SMILES string of the molecule is CN1CC=C(c2c[nH]c3ccc([C@@H]4COC(=O)N4)cc23)CC1. The van der Waals surface area contributed by atoms with Gasteiger partial charge in [-0.1, -0.05) is 12.1 Å². The number of H-pyrrole nitrogens is 1. The van der Waals surface area contributed by atoms with Crippen molar-refractivity contribution in [2.45, 2.75) is 12.5 Å². The van der Waals surface area contributed by atoms with Gasteiger partial charge in [-0.25, -0.2) is 4.79 Å². The van der Waals surface area contributed by atoms with E-state index in [-0.39, 0.29) is 12.1 Å². The number of nitrogens with one attached hydrogen (secondary N) is 2. The van der Waals surface area contributed by atoms with Gasteiger partial charge in [-0.3, -0.25) is 0 Å². The molecule has 1 amide bonds. The number of nitrogens with zero attached hydrogens (tertiary/aromatic N) is 1. The zero-order valence-electron chi connectivity index (χ0n) is 12.6. The molecule has 22 heavy (non-hydrogen) atoms. The van der Waals surface area contributed by atoms with Crippen LogP contribution in [0.3, 0.4) is 0 Å². The van der Waals surface area contributed by atoms with Crippen molar-refractivity contribution in [1.29, 1.82) is 0 Å². The number of likely N-dealkylation sites (N-methyl/N-ethyl adjacent to an activating group) is 1. The van der Waals surface area contributed by atoms with Crippen molar-refractivity contribution < 1.29 is 9.53 Å². The Morgan fingerprint density at radius 2 is 2.27 bits per heavy atom. The predicted octanol–water partition coefficient (Wildman–Crippen LogP) is 2.67. The van der Waals surface area contributed by atoms with Crippen molar-refractivity contribution in [3.63, 3.8) is 0 Å². The normalized spacial score (nSPS) is 22.5. The Hall–Kier alpha value is -2.27. The van der Waals surface area contributed by atoms with Crippen LogP contribution < -0.4 is 5.32 Å². The Kier molecular flexibility index (Phi) is 3.15. The van der Waals surface area contributed by atoms with Crippen LogP contribution in [0, 0.1) is 0 Å². The van der Waals surface area contributed by atoms with Crippen molar-refractivity contribution in [2.75, 3.05) is 26.7 Å². The summed E-state index contributed by atoms with van der Waals surface area (Å²) in [6.07, 6.45) is 5.13. The Morgan fingerprint density at radius 3 is 3.00 bits per heavy atom. The topological polar surface area (TPSA) is 57.4 Å². The van der Waals surface area contributed by atoms with Crippen LogP contribution in [0.4, 0.5) is 4.79 Å². The van der Waals surface area contributed by atoms with Gasteiger partial charge in [0.2, 0.25) is 0 Å². The van der Waals surface area contributed by atoms with Gasteiger partial charge in [-0.2, -0.15) is 0 Å². The predicted molar refractivity (Wildman–Crippen MR) is 85.6 cm³/mol. The lowest BCUT2D eigenvalue weighted by molar-refractivity contribution is 0.177. The third-order valence-electron chi connectivity index (χ3n) is 4.54. The largest absolute Gasteiger partial charge is 0.447 e. The summed E-state index contributed by atoms with van der Waals surface area (Å²) in [5.41, 5.74) is 4.89. The van der Waals surface area contributed by atoms with Crippen LogP contribution in [-0.4, -0.2) is 42.7 Å². The van der Waals surface area contributed by atoms with Crippen LogP contribution in [0.1, 0.15) is 23.6 Å². The maximum Gasteiger partial charge on any atom is 0.407 e. The van der Waals surface area contributed by atoms with E-state index < -0.39 is 0 Å². The van der Waals surface area contributed by atoms with Crippen LogP contribution >= 0.6 is 0 Å². The summed E-state index contributed by atoms with van der Waals surface area (Å²) in [4.78, 5) is 16.9. The number of cyclic esters (lactones) is 1. The number of aromatic amines is 1. The summed E-state index contributed by atoms with van der Waals surface area (Å²) in [6.45, 7) is 2.48. The first-order valence-corrected chi connectivity index (χ1v) is 7.63. The molecule has 2 N–H and O–H groups in total. The van der Waals surface area contributed by atoms with E-state index in [1.54, 1.807) is 0 Å². The number of hydrogen-bond donors (Lipinski definition) is 2. The molecule has 0 unspecified atom stereocenters. The van der Waals surface area contributed by atoms with E-state index >= 15 is 0 Å². The lowest BCUT2D eigenvalue weighted by atomic mass is 9.97. The second-order valence-corrected chi connectivity index (χ2v) is 6.04. The average molecular weight is 297 g/mol. The van der Waals surface area contributed by atoms with E-state index in [1.807, 2.05) is 6.07 Å². The summed E-state index contributed by atoms with van der Waals surface area (Å²) in [7, 11) is 2.14. The first kappa shape index (κ1) is 13.4. The number of ether oxygens (including phenoxy) is 1. The van der Waals surface area contributed by atoms with E-state index in [9.17, 15) is 4.79 Å². The van der Waals surface area contributed by atoms with Gasteiger partial charge < -0.3 is 19.9 Å². The highest BCUT2D eigenvalue weighted by molar-refractivity contribution is 5.93. The van der Waals surface area contributed by atoms with Gasteiger partial charge in [0, 0.05) is 35.8 Å². The highest BCUT2D eigenvalue weighted by atomic mass is 16.6. The fourth-order valence-electron chi connectivity index (χ4n) is 3.20. The zero-order chi connectivity index (χ0) is 15.1. The molecule has 2 aliphatic heterocycles. The summed E-state index contributed by atoms with van der Waals surface area (Å²) in [5, 5.41) is 4.06. The lowest BCUT2D eigenvalue weighted by Crippen LogP contribution is -2.23. The lowest BCUT2D eigenvalue weighted by Gasteiger charge is -2.21. The molecule has 0 bridgehead atoms. The van der Waals surface area contributed by atoms with E-state index in [1.165, 1.54) is 16.5 Å². The van der Waals surface area contributed by atoms with Gasteiger partial charge in [-0.05, 0) is 36.7 Å². The number of amides is 1. The molecule has 0 aliphatic carbocycles. The van der Waals surface area contributed by atoms with Gasteiger partial charge in [0.25, 0.3) is 0 Å². The number of hydrogen-bond acceptors (Lipinski definition) is 3. The molecular formula is C17H19N3O2. The van der Waals surface area contributed by atoms with Crippen molar-refractivity contribution in [2.24, 2.45) is 0 Å². The number of fused-ring (bicyclic) bond motifs is 1. The van der Waals surface area contributed by atoms with Gasteiger partial charge in [0.1, 0.15) is 6.61 Å². The van der Waals surface area contributed by atoms with Gasteiger partial charge in [0.05, 0.1) is 6.04 Å². The van der Waals surface area contributed by atoms with E-state index in [0.29, 0.717) is 6.61 Å². The Morgan fingerprint density at radius 1 is 1.36 bits per heavy atom. The molecule has 1 aromatic heterocycles. The molecule has 4 rings (SSSR count). The van der Waals surface area contributed by atoms with E-state index in [2.05, 4.69) is 46.7 Å². The second kappa shape index (κ2) is 5.18. The van der Waals surface area contributed by atoms with Crippen molar-refractivity contribution >= 4 is 22.6 Å². The smallest absolute Gasteiger partial charge is 0.407 e. The Balaban J connectivity index is 1.72. The van der Waals surface area contributed by atoms with Crippen LogP contribution in [0.5, 0.6) is 0 Å². The van der Waals surface area contributed by atoms with Crippen LogP contribution in [0.2, 0.25) is 0 Å². The molecule has 1 saturated heterocycles. The average Bonchev–Trinajstić information content (AvgIpc) is 3.14. The van der Waals surface area contributed by atoms with Crippen molar-refractivity contribution in [3.05, 3.63) is 41.6 Å². The molecule has 1 fully saturated rings. The molecule has 1 aromatic carbocycles. The molecule has 2 aliphatic rings. The molecule has 114 valence electrons. The molecule has 2 aromatic rings. The molecule has 5 nitrogen and oxygen atoms in total. The minimum atomic E-state index is -0.336. The number of carbonyl (C=O) groups is 1. The highest BCUT2D eigenvalue weighted by Gasteiger charge is 2.24. The molecule has 3 heterocycles. The van der Waals surface area contributed by atoms with Crippen molar-refractivity contribution in [3.8, 4) is 0 Å². The van der Waals surface area contributed by atoms with E-state index in [0.717, 1.165) is 30.6 Å². The molecule has 5 heteroatoms. The minimum absolute atomic E-state index is 0.0499. The highest BCUT2D eigenvalue weighted by Crippen LogP contribution is 2.31. The zero-order valence-corrected chi connectivity index (χ0v) is 12.6. The van der Waals surface area contributed by atoms with Crippen molar-refractivity contribution in [1.82, 2.24) is 15.2 Å². The second-order valence-electron chi connectivity index (χ2n) is 6.04. The van der Waals surface area contributed by atoms with Gasteiger partial charge in [0.15, 0.2) is 0 Å². The maximum atomic E-state index is 11.2. The third-order valence-corrected chi connectivity index (χ3v) is 4.54. The standard InChI is InChI=1S/C17H19N3O2/c1-20-6-4-11(5-7-20)14-9-18-15-3-2-12(8-13(14)15)16-10-22-17(21)19-16/h2-4,8-9,16,18H,5-7,10H2,1H3,(H,19,21)/t16-/m0/s1. The Labute approximate surface area is 128 Å². The minimum Gasteiger partial charge on any atom is -0.447 e. The van der Waals surface area contributed by atoms with Crippen LogP contribution in [0.15, 0.2) is 30.5 Å². The van der Waals surface area contributed by atoms with Crippen LogP contribution in [0.25, 0.3) is 16.5 Å². The summed E-state index contributed by atoms with van der Waals surface area (Å²) >= 11 is 0. The number of rotatable bonds is 2. The van der Waals surface area contributed by atoms with Gasteiger partial charge in [-0.15, -0.1) is 0 Å². The molecule has 0 radical (unpaired) electrons. The number of carbonyl (C=O) groups excluding carboxylic acids is 1. The first-order valence-electron chi connectivity index (χ1n) is 7.63. The quantitative estimate of drug-likeness (QED) is 0.896. The molecular weight excluding hydrogens is 278 g/mol. The fraction of sp³-hybridized carbons (Fsp3) is 0.353. The Bertz CT molecular complexity index is 762. The monoisotopic (exact) mass is 297 g/mol. The first-order chi connectivity index (χ1) is 10.7. The number of benzene rings is 1. The summed E-state index contributed by atoms with van der Waals surface area (Å²) in [5.74, 6) is 0. The molecule has 0 saturated carbocycles.